The van der Waals surface area contributed by atoms with Crippen molar-refractivity contribution in [3.05, 3.63) is 58.8 Å². The quantitative estimate of drug-likeness (QED) is 0.780. The highest BCUT2D eigenvalue weighted by molar-refractivity contribution is 9.10. The number of hydrogen-bond acceptors (Lipinski definition) is 2. The molecule has 0 fully saturated rings. The standard InChI is InChI=1S/C15H13BrN2O/c1-10(19)11-6-7-14(12(16)8-11)18-9-17-13-4-2-3-5-15(13)18/h2-10,19H,1H3. The molecule has 0 amide bonds. The Morgan fingerprint density at radius 3 is 2.74 bits per heavy atom. The Hall–Kier alpha value is -1.65. The van der Waals surface area contributed by atoms with E-state index in [0.717, 1.165) is 26.8 Å². The van der Waals surface area contributed by atoms with E-state index in [0.29, 0.717) is 0 Å². The molecule has 1 atom stereocenters. The number of halogens is 1. The molecule has 0 saturated carbocycles. The average molecular weight is 317 g/mol. The topological polar surface area (TPSA) is 38.0 Å². The number of para-hydroxylation sites is 2. The normalized spacial score (nSPS) is 12.8. The summed E-state index contributed by atoms with van der Waals surface area (Å²) in [5.74, 6) is 0. The molecule has 4 heteroatoms. The molecule has 2 aromatic carbocycles. The van der Waals surface area contributed by atoms with Crippen LogP contribution >= 0.6 is 15.9 Å². The summed E-state index contributed by atoms with van der Waals surface area (Å²) >= 11 is 3.56. The van der Waals surface area contributed by atoms with Crippen LogP contribution in [-0.4, -0.2) is 14.7 Å². The predicted octanol–water partition coefficient (Wildman–Crippen LogP) is 3.84. The molecular weight excluding hydrogens is 304 g/mol. The van der Waals surface area contributed by atoms with Crippen LogP contribution in [0.25, 0.3) is 16.7 Å². The zero-order valence-electron chi connectivity index (χ0n) is 10.4. The van der Waals surface area contributed by atoms with E-state index in [4.69, 9.17) is 0 Å². The van der Waals surface area contributed by atoms with E-state index in [9.17, 15) is 5.11 Å². The molecule has 1 heterocycles. The van der Waals surface area contributed by atoms with E-state index in [1.54, 1.807) is 6.92 Å². The Morgan fingerprint density at radius 1 is 1.21 bits per heavy atom. The molecule has 0 aliphatic heterocycles. The molecule has 0 bridgehead atoms. The summed E-state index contributed by atoms with van der Waals surface area (Å²) in [6.45, 7) is 1.76. The lowest BCUT2D eigenvalue weighted by Crippen LogP contribution is -1.96. The second-order valence-corrected chi connectivity index (χ2v) is 5.34. The maximum atomic E-state index is 9.60. The SMILES string of the molecule is CC(O)c1ccc(-n2cnc3ccccc32)c(Br)c1. The number of fused-ring (bicyclic) bond motifs is 1. The number of imidazole rings is 1. The average Bonchev–Trinajstić information content (AvgIpc) is 2.82. The lowest BCUT2D eigenvalue weighted by Gasteiger charge is -2.10. The van der Waals surface area contributed by atoms with Crippen molar-refractivity contribution in [2.24, 2.45) is 0 Å². The predicted molar refractivity (Wildman–Crippen MR) is 79.4 cm³/mol. The molecule has 1 N–H and O–H groups in total. The van der Waals surface area contributed by atoms with Crippen molar-refractivity contribution in [3.8, 4) is 5.69 Å². The number of aliphatic hydroxyl groups excluding tert-OH is 1. The van der Waals surface area contributed by atoms with Crippen molar-refractivity contribution < 1.29 is 5.11 Å². The summed E-state index contributed by atoms with van der Waals surface area (Å²) in [5.41, 5.74) is 3.93. The fourth-order valence-electron chi connectivity index (χ4n) is 2.13. The molecule has 1 unspecified atom stereocenters. The molecule has 1 aromatic heterocycles. The minimum atomic E-state index is -0.468. The summed E-state index contributed by atoms with van der Waals surface area (Å²) in [6.07, 6.45) is 1.34. The molecule has 0 aliphatic carbocycles. The van der Waals surface area contributed by atoms with Crippen molar-refractivity contribution >= 4 is 27.0 Å². The van der Waals surface area contributed by atoms with Crippen LogP contribution in [0.2, 0.25) is 0 Å². The summed E-state index contributed by atoms with van der Waals surface area (Å²) in [4.78, 5) is 4.39. The third-order valence-corrected chi connectivity index (χ3v) is 3.80. The van der Waals surface area contributed by atoms with Crippen molar-refractivity contribution in [1.29, 1.82) is 0 Å². The minimum absolute atomic E-state index is 0.468. The van der Waals surface area contributed by atoms with E-state index < -0.39 is 6.10 Å². The van der Waals surface area contributed by atoms with Crippen molar-refractivity contribution in [1.82, 2.24) is 9.55 Å². The van der Waals surface area contributed by atoms with Crippen LogP contribution in [0.15, 0.2) is 53.3 Å². The van der Waals surface area contributed by atoms with E-state index in [1.807, 2.05) is 53.4 Å². The number of rotatable bonds is 2. The molecular formula is C15H13BrN2O. The Labute approximate surface area is 119 Å². The maximum absolute atomic E-state index is 9.60. The van der Waals surface area contributed by atoms with Crippen LogP contribution in [0.1, 0.15) is 18.6 Å². The molecule has 19 heavy (non-hydrogen) atoms. The third kappa shape index (κ3) is 2.17. The Balaban J connectivity index is 2.17. The van der Waals surface area contributed by atoms with Gasteiger partial charge in [0.1, 0.15) is 6.33 Å². The maximum Gasteiger partial charge on any atom is 0.100 e. The first kappa shape index (κ1) is 12.4. The van der Waals surface area contributed by atoms with E-state index >= 15 is 0 Å². The van der Waals surface area contributed by atoms with Gasteiger partial charge in [-0.05, 0) is 52.7 Å². The molecule has 3 aromatic rings. The highest BCUT2D eigenvalue weighted by Gasteiger charge is 2.09. The van der Waals surface area contributed by atoms with Gasteiger partial charge in [0.05, 0.1) is 22.8 Å². The van der Waals surface area contributed by atoms with Gasteiger partial charge in [0.25, 0.3) is 0 Å². The smallest absolute Gasteiger partial charge is 0.100 e. The summed E-state index contributed by atoms with van der Waals surface area (Å²) in [5, 5.41) is 9.60. The largest absolute Gasteiger partial charge is 0.389 e. The van der Waals surface area contributed by atoms with Crippen LogP contribution in [0.4, 0.5) is 0 Å². The highest BCUT2D eigenvalue weighted by atomic mass is 79.9. The second-order valence-electron chi connectivity index (χ2n) is 4.49. The summed E-state index contributed by atoms with van der Waals surface area (Å²) in [6, 6.07) is 13.9. The van der Waals surface area contributed by atoms with Crippen LogP contribution in [-0.2, 0) is 0 Å². The number of hydrogen-bond donors (Lipinski definition) is 1. The van der Waals surface area contributed by atoms with Crippen molar-refractivity contribution in [2.45, 2.75) is 13.0 Å². The van der Waals surface area contributed by atoms with E-state index in [2.05, 4.69) is 20.9 Å². The molecule has 0 saturated heterocycles. The number of aromatic nitrogens is 2. The monoisotopic (exact) mass is 316 g/mol. The number of benzene rings is 2. The van der Waals surface area contributed by atoms with Gasteiger partial charge in [0, 0.05) is 4.47 Å². The van der Waals surface area contributed by atoms with Crippen LogP contribution in [0, 0.1) is 0 Å². The fraction of sp³-hybridized carbons (Fsp3) is 0.133. The van der Waals surface area contributed by atoms with Gasteiger partial charge in [0.15, 0.2) is 0 Å². The molecule has 0 radical (unpaired) electrons. The van der Waals surface area contributed by atoms with Gasteiger partial charge in [-0.1, -0.05) is 18.2 Å². The third-order valence-electron chi connectivity index (χ3n) is 3.17. The first-order valence-electron chi connectivity index (χ1n) is 6.07. The first-order chi connectivity index (χ1) is 9.16. The van der Waals surface area contributed by atoms with E-state index in [-0.39, 0.29) is 0 Å². The molecule has 0 spiro atoms. The Bertz CT molecular complexity index is 734. The molecule has 0 aliphatic rings. The lowest BCUT2D eigenvalue weighted by molar-refractivity contribution is 0.199. The fourth-order valence-corrected chi connectivity index (χ4v) is 2.72. The van der Waals surface area contributed by atoms with Gasteiger partial charge in [-0.25, -0.2) is 4.98 Å². The van der Waals surface area contributed by atoms with Crippen molar-refractivity contribution in [2.75, 3.05) is 0 Å². The molecule has 3 nitrogen and oxygen atoms in total. The Kier molecular flexibility index (Phi) is 3.12. The van der Waals surface area contributed by atoms with Crippen molar-refractivity contribution in [3.63, 3.8) is 0 Å². The highest BCUT2D eigenvalue weighted by Crippen LogP contribution is 2.27. The zero-order valence-corrected chi connectivity index (χ0v) is 12.0. The van der Waals surface area contributed by atoms with Gasteiger partial charge in [-0.3, -0.25) is 4.57 Å². The molecule has 96 valence electrons. The summed E-state index contributed by atoms with van der Waals surface area (Å²) in [7, 11) is 0. The molecule has 3 rings (SSSR count). The Morgan fingerprint density at radius 2 is 2.00 bits per heavy atom. The summed E-state index contributed by atoms with van der Waals surface area (Å²) < 4.78 is 2.97. The second kappa shape index (κ2) is 4.79. The number of aliphatic hydroxyl groups is 1. The first-order valence-corrected chi connectivity index (χ1v) is 6.86. The van der Waals surface area contributed by atoms with Crippen LogP contribution in [0.3, 0.4) is 0 Å². The minimum Gasteiger partial charge on any atom is -0.389 e. The number of nitrogens with zero attached hydrogens (tertiary/aromatic N) is 2. The van der Waals surface area contributed by atoms with E-state index in [1.165, 1.54) is 0 Å². The zero-order chi connectivity index (χ0) is 13.4. The van der Waals surface area contributed by atoms with Gasteiger partial charge in [0.2, 0.25) is 0 Å². The van der Waals surface area contributed by atoms with Gasteiger partial charge in [-0.15, -0.1) is 0 Å². The van der Waals surface area contributed by atoms with Gasteiger partial charge in [-0.2, -0.15) is 0 Å². The van der Waals surface area contributed by atoms with Gasteiger partial charge < -0.3 is 5.11 Å². The van der Waals surface area contributed by atoms with Crippen LogP contribution in [0.5, 0.6) is 0 Å². The lowest BCUT2D eigenvalue weighted by atomic mass is 10.1. The van der Waals surface area contributed by atoms with Gasteiger partial charge >= 0.3 is 0 Å². The van der Waals surface area contributed by atoms with Crippen LogP contribution < -0.4 is 0 Å².